The molecular formula is C16H27N3O. The van der Waals surface area contributed by atoms with E-state index in [9.17, 15) is 0 Å². The normalized spacial score (nSPS) is 18.4. The van der Waals surface area contributed by atoms with E-state index in [1.54, 1.807) is 0 Å². The lowest BCUT2D eigenvalue weighted by molar-refractivity contribution is -0.0767. The van der Waals surface area contributed by atoms with Gasteiger partial charge in [0.25, 0.3) is 0 Å². The van der Waals surface area contributed by atoms with E-state index < -0.39 is 0 Å². The van der Waals surface area contributed by atoms with Crippen molar-refractivity contribution in [1.82, 2.24) is 15.3 Å². The lowest BCUT2D eigenvalue weighted by atomic mass is 9.84. The van der Waals surface area contributed by atoms with E-state index >= 15 is 0 Å². The lowest BCUT2D eigenvalue weighted by Crippen LogP contribution is -2.34. The molecule has 4 nitrogen and oxygen atoms in total. The highest BCUT2D eigenvalue weighted by Gasteiger charge is 2.37. The summed E-state index contributed by atoms with van der Waals surface area (Å²) in [6.07, 6.45) is 9.68. The molecule has 0 unspecified atom stereocenters. The van der Waals surface area contributed by atoms with E-state index in [2.05, 4.69) is 36.1 Å². The van der Waals surface area contributed by atoms with Crippen molar-refractivity contribution in [3.05, 3.63) is 23.8 Å². The minimum Gasteiger partial charge on any atom is -0.367 e. The fourth-order valence-electron chi connectivity index (χ4n) is 2.83. The van der Waals surface area contributed by atoms with Crippen LogP contribution in [0.2, 0.25) is 0 Å². The lowest BCUT2D eigenvalue weighted by Gasteiger charge is -2.35. The summed E-state index contributed by atoms with van der Waals surface area (Å²) in [6, 6.07) is 0.475. The van der Waals surface area contributed by atoms with Gasteiger partial charge >= 0.3 is 0 Å². The summed E-state index contributed by atoms with van der Waals surface area (Å²) in [5.41, 5.74) is 0.890. The third-order valence-electron chi connectivity index (χ3n) is 3.91. The smallest absolute Gasteiger partial charge is 0.160 e. The molecule has 1 fully saturated rings. The van der Waals surface area contributed by atoms with Crippen LogP contribution in [0.25, 0.3) is 0 Å². The Morgan fingerprint density at radius 2 is 1.85 bits per heavy atom. The zero-order chi connectivity index (χ0) is 14.4. The third kappa shape index (κ3) is 3.76. The van der Waals surface area contributed by atoms with E-state index in [1.807, 2.05) is 12.4 Å². The molecule has 0 amide bonds. The number of nitrogens with zero attached hydrogens (tertiary/aromatic N) is 2. The molecule has 0 aromatic carbocycles. The first-order chi connectivity index (χ1) is 9.66. The van der Waals surface area contributed by atoms with Gasteiger partial charge < -0.3 is 10.1 Å². The van der Waals surface area contributed by atoms with Gasteiger partial charge in [-0.2, -0.15) is 0 Å². The second-order valence-corrected chi connectivity index (χ2v) is 5.94. The van der Waals surface area contributed by atoms with Gasteiger partial charge in [0.15, 0.2) is 5.82 Å². The molecule has 0 aliphatic heterocycles. The Balaban J connectivity index is 2.09. The maximum Gasteiger partial charge on any atom is 0.160 e. The quantitative estimate of drug-likeness (QED) is 0.867. The Kier molecular flexibility index (Phi) is 5.49. The van der Waals surface area contributed by atoms with Crippen LogP contribution in [0.5, 0.6) is 0 Å². The zero-order valence-electron chi connectivity index (χ0n) is 13.0. The minimum atomic E-state index is -0.239. The van der Waals surface area contributed by atoms with Crippen LogP contribution in [0.4, 0.5) is 0 Å². The van der Waals surface area contributed by atoms with Gasteiger partial charge in [0.2, 0.25) is 0 Å². The highest BCUT2D eigenvalue weighted by Crippen LogP contribution is 2.38. The Morgan fingerprint density at radius 1 is 1.20 bits per heavy atom. The number of aromatic nitrogens is 2. The predicted octanol–water partition coefficient (Wildman–Crippen LogP) is 3.17. The molecule has 2 rings (SSSR count). The second-order valence-electron chi connectivity index (χ2n) is 5.94. The van der Waals surface area contributed by atoms with Crippen LogP contribution in [0, 0.1) is 0 Å². The highest BCUT2D eigenvalue weighted by molar-refractivity contribution is 5.10. The molecule has 1 aromatic rings. The van der Waals surface area contributed by atoms with E-state index in [1.165, 1.54) is 19.3 Å². The zero-order valence-corrected chi connectivity index (χ0v) is 13.0. The molecule has 0 atom stereocenters. The average Bonchev–Trinajstić information content (AvgIpc) is 2.47. The largest absolute Gasteiger partial charge is 0.367 e. The van der Waals surface area contributed by atoms with Gasteiger partial charge in [0, 0.05) is 37.2 Å². The molecule has 0 bridgehead atoms. The van der Waals surface area contributed by atoms with Crippen molar-refractivity contribution in [3.8, 4) is 0 Å². The number of nitrogens with one attached hydrogen (secondary N) is 1. The predicted molar refractivity (Wildman–Crippen MR) is 80.4 cm³/mol. The van der Waals surface area contributed by atoms with Crippen molar-refractivity contribution in [2.45, 2.75) is 71.1 Å². The number of rotatable bonds is 6. The molecule has 0 saturated heterocycles. The van der Waals surface area contributed by atoms with Crippen LogP contribution in [-0.4, -0.2) is 22.6 Å². The third-order valence-corrected chi connectivity index (χ3v) is 3.91. The summed E-state index contributed by atoms with van der Waals surface area (Å²) in [5, 5.41) is 3.38. The SMILES string of the molecule is CCOC1(c2ncc(CNC(C)C)cn2)CCCCC1. The number of hydrogen-bond donors (Lipinski definition) is 1. The van der Waals surface area contributed by atoms with Gasteiger partial charge in [0.1, 0.15) is 5.60 Å². The van der Waals surface area contributed by atoms with Crippen molar-refractivity contribution >= 4 is 0 Å². The molecule has 1 saturated carbocycles. The first-order valence-corrected chi connectivity index (χ1v) is 7.85. The first kappa shape index (κ1) is 15.4. The average molecular weight is 277 g/mol. The van der Waals surface area contributed by atoms with Gasteiger partial charge in [-0.25, -0.2) is 9.97 Å². The van der Waals surface area contributed by atoms with Crippen molar-refractivity contribution in [3.63, 3.8) is 0 Å². The second kappa shape index (κ2) is 7.14. The molecule has 112 valence electrons. The molecule has 1 heterocycles. The molecular weight excluding hydrogens is 250 g/mol. The van der Waals surface area contributed by atoms with Crippen LogP contribution in [-0.2, 0) is 16.9 Å². The Labute approximate surface area is 122 Å². The van der Waals surface area contributed by atoms with Gasteiger partial charge in [-0.1, -0.05) is 33.1 Å². The molecule has 1 aromatic heterocycles. The van der Waals surface area contributed by atoms with Crippen molar-refractivity contribution in [2.24, 2.45) is 0 Å². The van der Waals surface area contributed by atoms with Crippen molar-refractivity contribution in [2.75, 3.05) is 6.61 Å². The molecule has 0 spiro atoms. The van der Waals surface area contributed by atoms with Gasteiger partial charge in [-0.3, -0.25) is 0 Å². The topological polar surface area (TPSA) is 47.0 Å². The highest BCUT2D eigenvalue weighted by atomic mass is 16.5. The van der Waals surface area contributed by atoms with E-state index in [-0.39, 0.29) is 5.60 Å². The van der Waals surface area contributed by atoms with Crippen molar-refractivity contribution in [1.29, 1.82) is 0 Å². The maximum atomic E-state index is 6.05. The fraction of sp³-hybridized carbons (Fsp3) is 0.750. The van der Waals surface area contributed by atoms with Crippen LogP contribution in [0.1, 0.15) is 64.3 Å². The molecule has 20 heavy (non-hydrogen) atoms. The Hall–Kier alpha value is -1.00. The summed E-state index contributed by atoms with van der Waals surface area (Å²) in [6.45, 7) is 7.87. The Morgan fingerprint density at radius 3 is 2.40 bits per heavy atom. The summed E-state index contributed by atoms with van der Waals surface area (Å²) in [5.74, 6) is 0.868. The summed E-state index contributed by atoms with van der Waals surface area (Å²) < 4.78 is 6.05. The molecule has 1 N–H and O–H groups in total. The molecule has 1 aliphatic carbocycles. The maximum absolute atomic E-state index is 6.05. The van der Waals surface area contributed by atoms with Crippen LogP contribution in [0.15, 0.2) is 12.4 Å². The van der Waals surface area contributed by atoms with Crippen LogP contribution >= 0.6 is 0 Å². The number of ether oxygens (including phenoxy) is 1. The summed E-state index contributed by atoms with van der Waals surface area (Å²) in [4.78, 5) is 9.19. The molecule has 1 aliphatic rings. The van der Waals surface area contributed by atoms with Crippen molar-refractivity contribution < 1.29 is 4.74 Å². The molecule has 4 heteroatoms. The number of hydrogen-bond acceptors (Lipinski definition) is 4. The monoisotopic (exact) mass is 277 g/mol. The first-order valence-electron chi connectivity index (χ1n) is 7.85. The van der Waals surface area contributed by atoms with Gasteiger partial charge in [-0.05, 0) is 19.8 Å². The summed E-state index contributed by atoms with van der Waals surface area (Å²) in [7, 11) is 0. The molecule has 0 radical (unpaired) electrons. The fourth-order valence-corrected chi connectivity index (χ4v) is 2.83. The summed E-state index contributed by atoms with van der Waals surface area (Å²) >= 11 is 0. The van der Waals surface area contributed by atoms with Crippen LogP contribution in [0.3, 0.4) is 0 Å². The van der Waals surface area contributed by atoms with Crippen LogP contribution < -0.4 is 5.32 Å². The van der Waals surface area contributed by atoms with Gasteiger partial charge in [0.05, 0.1) is 0 Å². The van der Waals surface area contributed by atoms with Gasteiger partial charge in [-0.15, -0.1) is 0 Å². The Bertz CT molecular complexity index is 391. The van der Waals surface area contributed by atoms with E-state index in [0.717, 1.165) is 37.4 Å². The minimum absolute atomic E-state index is 0.239. The van der Waals surface area contributed by atoms with E-state index in [4.69, 9.17) is 4.74 Å². The standard InChI is InChI=1S/C16H27N3O/c1-4-20-16(8-6-5-7-9-16)15-18-11-14(12-19-15)10-17-13(2)3/h11-13,17H,4-10H2,1-3H3. The van der Waals surface area contributed by atoms with E-state index in [0.29, 0.717) is 6.04 Å².